The van der Waals surface area contributed by atoms with Gasteiger partial charge in [0.2, 0.25) is 0 Å². The van der Waals surface area contributed by atoms with Crippen LogP contribution in [0.1, 0.15) is 0 Å². The van der Waals surface area contributed by atoms with Crippen molar-refractivity contribution in [2.24, 2.45) is 0 Å². The van der Waals surface area contributed by atoms with Crippen LogP contribution < -0.4 is 0 Å². The summed E-state index contributed by atoms with van der Waals surface area (Å²) in [7, 11) is 0. The van der Waals surface area contributed by atoms with Crippen LogP contribution in [0, 0.1) is 0 Å². The summed E-state index contributed by atoms with van der Waals surface area (Å²) >= 11 is 0. The summed E-state index contributed by atoms with van der Waals surface area (Å²) in [5.74, 6) is 0. The van der Waals surface area contributed by atoms with E-state index in [1.54, 1.807) is 0 Å². The number of hydrogen-bond acceptors (Lipinski definition) is 0. The molecule has 0 N–H and O–H groups in total. The molecule has 0 radical (unpaired) electrons. The van der Waals surface area contributed by atoms with Crippen LogP contribution in [0.4, 0.5) is 0 Å². The second kappa shape index (κ2) is 11.0. The van der Waals surface area contributed by atoms with Crippen LogP contribution in [0.3, 0.4) is 0 Å². The van der Waals surface area contributed by atoms with Gasteiger partial charge in [-0.3, -0.25) is 0 Å². The first-order valence-corrected chi connectivity index (χ1v) is 20.2. The maximum absolute atomic E-state index is 2.46. The van der Waals surface area contributed by atoms with Gasteiger partial charge in [-0.05, 0) is 138 Å². The Morgan fingerprint density at radius 3 is 1.09 bits per heavy atom. The lowest BCUT2D eigenvalue weighted by Gasteiger charge is -2.12. The third-order valence-corrected chi connectivity index (χ3v) is 13.1. The van der Waals surface area contributed by atoms with Crippen molar-refractivity contribution in [3.05, 3.63) is 194 Å². The van der Waals surface area contributed by atoms with Crippen LogP contribution in [-0.4, -0.2) is 9.13 Å². The zero-order valence-electron chi connectivity index (χ0n) is 31.4. The largest absolute Gasteiger partial charge is 0.309 e. The van der Waals surface area contributed by atoms with E-state index in [2.05, 4.69) is 203 Å². The smallest absolute Gasteiger partial charge is 0.0541 e. The summed E-state index contributed by atoms with van der Waals surface area (Å²) < 4.78 is 4.93. The molecule has 58 heavy (non-hydrogen) atoms. The van der Waals surface area contributed by atoms with Crippen molar-refractivity contribution < 1.29 is 0 Å². The van der Waals surface area contributed by atoms with Crippen molar-refractivity contribution in [3.63, 3.8) is 0 Å². The number of benzene rings is 10. The second-order valence-electron chi connectivity index (χ2n) is 16.1. The molecule has 0 atom stereocenters. The van der Waals surface area contributed by atoms with Gasteiger partial charge in [-0.15, -0.1) is 0 Å². The molecule has 2 heteroatoms. The molecule has 2 aromatic heterocycles. The van der Waals surface area contributed by atoms with Gasteiger partial charge in [-0.1, -0.05) is 133 Å². The molecule has 10 aromatic carbocycles. The standard InChI is InChI=1S/C56H32N2/c1-3-15-41-39(13-1)45-19-9-11-35-27-37(31-49(41)55(35)45)57-51-21-7-5-17-43(51)47-29-33(23-25-53(47)57)34-24-26-54-48(30-34)44-18-6-8-22-52(44)58(54)38-28-36-12-10-20-46-40-14-2-4-16-42(40)50(32-38)56(36)46/h1-32H. The number of fused-ring (bicyclic) bond motifs is 12. The van der Waals surface area contributed by atoms with E-state index in [0.717, 1.165) is 0 Å². The Balaban J connectivity index is 0.949. The molecule has 266 valence electrons. The fraction of sp³-hybridized carbons (Fsp3) is 0. The number of para-hydroxylation sites is 2. The van der Waals surface area contributed by atoms with Gasteiger partial charge in [-0.25, -0.2) is 0 Å². The lowest BCUT2D eigenvalue weighted by atomic mass is 10.0. The monoisotopic (exact) mass is 732 g/mol. The van der Waals surface area contributed by atoms with Crippen molar-refractivity contribution in [1.29, 1.82) is 0 Å². The quantitative estimate of drug-likeness (QED) is 0.171. The van der Waals surface area contributed by atoms with Gasteiger partial charge in [0.05, 0.1) is 22.1 Å². The Morgan fingerprint density at radius 1 is 0.241 bits per heavy atom. The third kappa shape index (κ3) is 3.91. The number of aromatic nitrogens is 2. The average molecular weight is 733 g/mol. The lowest BCUT2D eigenvalue weighted by molar-refractivity contribution is 1.19. The maximum atomic E-state index is 2.46. The van der Waals surface area contributed by atoms with Crippen LogP contribution in [0.25, 0.3) is 132 Å². The fourth-order valence-electron chi connectivity index (χ4n) is 10.7. The summed E-state index contributed by atoms with van der Waals surface area (Å²) in [5.41, 5.74) is 20.2. The molecule has 0 amide bonds. The van der Waals surface area contributed by atoms with E-state index < -0.39 is 0 Å². The van der Waals surface area contributed by atoms with Gasteiger partial charge >= 0.3 is 0 Å². The van der Waals surface area contributed by atoms with E-state index in [4.69, 9.17) is 0 Å². The summed E-state index contributed by atoms with van der Waals surface area (Å²) in [6.07, 6.45) is 0. The van der Waals surface area contributed by atoms with Gasteiger partial charge < -0.3 is 9.13 Å². The van der Waals surface area contributed by atoms with Crippen molar-refractivity contribution in [2.75, 3.05) is 0 Å². The Hall–Kier alpha value is -7.68. The highest BCUT2D eigenvalue weighted by atomic mass is 15.0. The minimum atomic E-state index is 1.19. The minimum Gasteiger partial charge on any atom is -0.309 e. The van der Waals surface area contributed by atoms with E-state index in [9.17, 15) is 0 Å². The molecule has 2 nitrogen and oxygen atoms in total. The van der Waals surface area contributed by atoms with Gasteiger partial charge in [0.25, 0.3) is 0 Å². The van der Waals surface area contributed by atoms with Crippen molar-refractivity contribution >= 4 is 65.2 Å². The molecule has 0 saturated heterocycles. The van der Waals surface area contributed by atoms with Crippen LogP contribution in [-0.2, 0) is 0 Å². The summed E-state index contributed by atoms with van der Waals surface area (Å²) in [6.45, 7) is 0. The van der Waals surface area contributed by atoms with Gasteiger partial charge in [0.1, 0.15) is 0 Å². The highest BCUT2D eigenvalue weighted by molar-refractivity contribution is 6.19. The van der Waals surface area contributed by atoms with Crippen LogP contribution in [0.2, 0.25) is 0 Å². The van der Waals surface area contributed by atoms with E-state index in [1.807, 2.05) is 0 Å². The molecule has 0 saturated carbocycles. The van der Waals surface area contributed by atoms with Gasteiger partial charge in [0.15, 0.2) is 0 Å². The Kier molecular flexibility index (Phi) is 5.79. The normalized spacial score (nSPS) is 12.5. The third-order valence-electron chi connectivity index (χ3n) is 13.1. The summed E-state index contributed by atoms with van der Waals surface area (Å²) in [6, 6.07) is 72.5. The Morgan fingerprint density at radius 2 is 0.621 bits per heavy atom. The molecule has 14 rings (SSSR count). The predicted molar refractivity (Wildman–Crippen MR) is 244 cm³/mol. The number of nitrogens with zero attached hydrogens (tertiary/aromatic N) is 2. The molecule has 0 spiro atoms. The van der Waals surface area contributed by atoms with Crippen LogP contribution in [0.15, 0.2) is 194 Å². The van der Waals surface area contributed by atoms with Crippen LogP contribution in [0.5, 0.6) is 0 Å². The molecule has 2 aliphatic carbocycles. The minimum absolute atomic E-state index is 1.19. The molecule has 0 unspecified atom stereocenters. The van der Waals surface area contributed by atoms with Crippen molar-refractivity contribution in [3.8, 4) is 67.0 Å². The molecule has 2 heterocycles. The predicted octanol–water partition coefficient (Wildman–Crippen LogP) is 15.1. The molecule has 2 aliphatic rings. The summed E-state index contributed by atoms with van der Waals surface area (Å²) in [4.78, 5) is 0. The SMILES string of the molecule is c1ccc2c(c1)-c1cccc3cc(-n4c5ccccc5c5cc(-c6ccc7c(c6)c6ccccc6n7-c6cc7c8c(cccc8c6)-c6ccccc6-7)ccc54)cc-2c13. The highest BCUT2D eigenvalue weighted by Crippen LogP contribution is 2.50. The zero-order valence-corrected chi connectivity index (χ0v) is 31.4. The van der Waals surface area contributed by atoms with Gasteiger partial charge in [-0.2, -0.15) is 0 Å². The molecular weight excluding hydrogens is 701 g/mol. The average Bonchev–Trinajstić information content (AvgIpc) is 4.00. The first-order valence-electron chi connectivity index (χ1n) is 20.2. The van der Waals surface area contributed by atoms with E-state index >= 15 is 0 Å². The molecular formula is C56H32N2. The molecule has 0 bridgehead atoms. The molecule has 12 aromatic rings. The zero-order chi connectivity index (χ0) is 37.6. The topological polar surface area (TPSA) is 9.86 Å². The van der Waals surface area contributed by atoms with Crippen LogP contribution >= 0.6 is 0 Å². The van der Waals surface area contributed by atoms with Crippen molar-refractivity contribution in [1.82, 2.24) is 9.13 Å². The lowest BCUT2D eigenvalue weighted by Crippen LogP contribution is -1.95. The number of hydrogen-bond donors (Lipinski definition) is 0. The second-order valence-corrected chi connectivity index (χ2v) is 16.1. The Labute approximate surface area is 334 Å². The highest BCUT2D eigenvalue weighted by Gasteiger charge is 2.25. The molecule has 0 aliphatic heterocycles. The van der Waals surface area contributed by atoms with E-state index in [-0.39, 0.29) is 0 Å². The first-order chi connectivity index (χ1) is 28.8. The van der Waals surface area contributed by atoms with Crippen molar-refractivity contribution in [2.45, 2.75) is 0 Å². The Bertz CT molecular complexity index is 3550. The summed E-state index contributed by atoms with van der Waals surface area (Å²) in [5, 5.41) is 10.3. The fourth-order valence-corrected chi connectivity index (χ4v) is 10.7. The van der Waals surface area contributed by atoms with E-state index in [0.29, 0.717) is 0 Å². The van der Waals surface area contributed by atoms with Gasteiger partial charge in [0, 0.05) is 32.9 Å². The number of rotatable bonds is 3. The first kappa shape index (κ1) is 30.5. The van der Waals surface area contributed by atoms with E-state index in [1.165, 1.54) is 132 Å². The maximum Gasteiger partial charge on any atom is 0.0541 e. The molecule has 0 fully saturated rings.